The predicted octanol–water partition coefficient (Wildman–Crippen LogP) is 2.54. The summed E-state index contributed by atoms with van der Waals surface area (Å²) in [5, 5.41) is 10.1. The molecule has 2 rings (SSSR count). The summed E-state index contributed by atoms with van der Waals surface area (Å²) in [7, 11) is 0. The summed E-state index contributed by atoms with van der Waals surface area (Å²) in [6.45, 7) is 1.52. The van der Waals surface area contributed by atoms with Crippen molar-refractivity contribution in [1.82, 2.24) is 14.9 Å². The molecule has 1 N–H and O–H groups in total. The van der Waals surface area contributed by atoms with Gasteiger partial charge in [-0.1, -0.05) is 11.8 Å². The summed E-state index contributed by atoms with van der Waals surface area (Å²) in [6, 6.07) is 3.13. The van der Waals surface area contributed by atoms with Crippen LogP contribution in [0.2, 0.25) is 0 Å². The molecule has 0 aromatic carbocycles. The van der Waals surface area contributed by atoms with Gasteiger partial charge in [0.15, 0.2) is 0 Å². The van der Waals surface area contributed by atoms with Crippen molar-refractivity contribution in [3.8, 4) is 0 Å². The van der Waals surface area contributed by atoms with Crippen molar-refractivity contribution >= 4 is 30.2 Å². The molecule has 0 atom stereocenters. The number of nitrogens with zero attached hydrogens (tertiary/aromatic N) is 3. The first-order chi connectivity index (χ1) is 9.97. The van der Waals surface area contributed by atoms with Crippen LogP contribution in [0.15, 0.2) is 26.4 Å². The Hall–Kier alpha value is -1.81. The van der Waals surface area contributed by atoms with Gasteiger partial charge in [0.1, 0.15) is 17.2 Å². The average molecular weight is 332 g/mol. The molecule has 0 amide bonds. The van der Waals surface area contributed by atoms with Crippen LogP contribution in [0.5, 0.6) is 0 Å². The number of rotatable bonds is 5. The normalized spacial score (nSPS) is 11.6. The van der Waals surface area contributed by atoms with E-state index in [-0.39, 0.29) is 16.2 Å². The number of furan rings is 1. The Labute approximate surface area is 126 Å². The second-order valence-corrected chi connectivity index (χ2v) is 5.22. The van der Waals surface area contributed by atoms with Gasteiger partial charge >= 0.3 is 0 Å². The number of thioether (sulfide) groups is 1. The lowest BCUT2D eigenvalue weighted by Gasteiger charge is -1.98. The third-order valence-electron chi connectivity index (χ3n) is 2.35. The summed E-state index contributed by atoms with van der Waals surface area (Å²) >= 11 is 5.37. The molecule has 0 aliphatic rings. The van der Waals surface area contributed by atoms with Crippen molar-refractivity contribution < 1.29 is 13.2 Å². The van der Waals surface area contributed by atoms with Gasteiger partial charge in [-0.2, -0.15) is 23.7 Å². The minimum absolute atomic E-state index is 0.0434. The van der Waals surface area contributed by atoms with Gasteiger partial charge in [-0.25, -0.2) is 0 Å². The number of hydrogen-bond donors (Lipinski definition) is 1. The third-order valence-corrected chi connectivity index (χ3v) is 3.32. The first kappa shape index (κ1) is 15.6. The summed E-state index contributed by atoms with van der Waals surface area (Å²) in [4.78, 5) is 11.8. The molecule has 0 aliphatic heterocycles. The molecule has 2 heterocycles. The SMILES string of the molecule is Cc1n[nH]c(=S)n(/N=C\c2ccc(CSC(F)F)o2)c1=O. The van der Waals surface area contributed by atoms with Crippen LogP contribution in [0.1, 0.15) is 17.2 Å². The Morgan fingerprint density at radius 2 is 2.38 bits per heavy atom. The topological polar surface area (TPSA) is 76.2 Å². The number of hydrogen-bond acceptors (Lipinski definition) is 6. The summed E-state index contributed by atoms with van der Waals surface area (Å²) in [5.41, 5.74) is -0.232. The van der Waals surface area contributed by atoms with Crippen molar-refractivity contribution in [3.05, 3.63) is 44.5 Å². The molecule has 6 nitrogen and oxygen atoms in total. The van der Waals surface area contributed by atoms with Crippen molar-refractivity contribution in [1.29, 1.82) is 0 Å². The van der Waals surface area contributed by atoms with Gasteiger partial charge in [0, 0.05) is 0 Å². The Bertz CT molecular complexity index is 766. The molecule has 2 aromatic rings. The highest BCUT2D eigenvalue weighted by molar-refractivity contribution is 7.98. The largest absolute Gasteiger partial charge is 0.459 e. The second kappa shape index (κ2) is 6.76. The van der Waals surface area contributed by atoms with E-state index in [0.29, 0.717) is 23.3 Å². The Kier molecular flexibility index (Phi) is 5.02. The molecule has 0 radical (unpaired) electrons. The minimum Gasteiger partial charge on any atom is -0.459 e. The van der Waals surface area contributed by atoms with Gasteiger partial charge in [0.25, 0.3) is 11.3 Å². The molecule has 2 aromatic heterocycles. The summed E-state index contributed by atoms with van der Waals surface area (Å²) < 4.78 is 30.4. The number of halogens is 2. The number of H-pyrrole nitrogens is 1. The maximum Gasteiger partial charge on any atom is 0.296 e. The molecular formula is C11H10F2N4O2S2. The maximum atomic E-state index is 12.1. The highest BCUT2D eigenvalue weighted by Gasteiger charge is 2.07. The van der Waals surface area contributed by atoms with Crippen molar-refractivity contribution in [2.45, 2.75) is 18.4 Å². The van der Waals surface area contributed by atoms with Crippen LogP contribution in [0.25, 0.3) is 0 Å². The van der Waals surface area contributed by atoms with Crippen LogP contribution in [0, 0.1) is 11.7 Å². The van der Waals surface area contributed by atoms with Crippen LogP contribution in [0.3, 0.4) is 0 Å². The van der Waals surface area contributed by atoms with E-state index in [0.717, 1.165) is 4.68 Å². The summed E-state index contributed by atoms with van der Waals surface area (Å²) in [5.74, 6) is -1.68. The number of aromatic nitrogens is 3. The Balaban J connectivity index is 2.17. The third kappa shape index (κ3) is 4.08. The molecule has 112 valence electrons. The molecule has 21 heavy (non-hydrogen) atoms. The van der Waals surface area contributed by atoms with Crippen LogP contribution >= 0.6 is 24.0 Å². The first-order valence-electron chi connectivity index (χ1n) is 5.68. The Morgan fingerprint density at radius 1 is 1.62 bits per heavy atom. The highest BCUT2D eigenvalue weighted by atomic mass is 32.2. The highest BCUT2D eigenvalue weighted by Crippen LogP contribution is 2.20. The zero-order valence-corrected chi connectivity index (χ0v) is 12.4. The monoisotopic (exact) mass is 332 g/mol. The Morgan fingerprint density at radius 3 is 3.10 bits per heavy atom. The second-order valence-electron chi connectivity index (χ2n) is 3.85. The molecule has 0 bridgehead atoms. The van der Waals surface area contributed by atoms with Gasteiger partial charge < -0.3 is 4.42 Å². The molecular weight excluding hydrogens is 322 g/mol. The van der Waals surface area contributed by atoms with Crippen molar-refractivity contribution in [2.75, 3.05) is 0 Å². The zero-order chi connectivity index (χ0) is 15.4. The molecule has 0 spiro atoms. The van der Waals surface area contributed by atoms with E-state index >= 15 is 0 Å². The minimum atomic E-state index is -2.45. The van der Waals surface area contributed by atoms with Crippen LogP contribution < -0.4 is 5.56 Å². The number of aryl methyl sites for hydroxylation is 1. The van der Waals surface area contributed by atoms with E-state index in [1.165, 1.54) is 13.1 Å². The lowest BCUT2D eigenvalue weighted by atomic mass is 10.4. The molecule has 0 fully saturated rings. The van der Waals surface area contributed by atoms with E-state index in [9.17, 15) is 13.6 Å². The van der Waals surface area contributed by atoms with Gasteiger partial charge in [-0.3, -0.25) is 9.89 Å². The lowest BCUT2D eigenvalue weighted by molar-refractivity contribution is 0.251. The van der Waals surface area contributed by atoms with E-state index in [4.69, 9.17) is 16.6 Å². The predicted molar refractivity (Wildman–Crippen MR) is 77.4 cm³/mol. The zero-order valence-electron chi connectivity index (χ0n) is 10.7. The van der Waals surface area contributed by atoms with E-state index in [1.54, 1.807) is 12.1 Å². The van der Waals surface area contributed by atoms with E-state index in [1.807, 2.05) is 0 Å². The van der Waals surface area contributed by atoms with Crippen molar-refractivity contribution in [2.24, 2.45) is 5.10 Å². The van der Waals surface area contributed by atoms with E-state index < -0.39 is 11.3 Å². The number of alkyl halides is 2. The van der Waals surface area contributed by atoms with E-state index in [2.05, 4.69) is 15.3 Å². The maximum absolute atomic E-state index is 12.1. The van der Waals surface area contributed by atoms with Gasteiger partial charge in [-0.15, -0.1) is 0 Å². The molecule has 0 aliphatic carbocycles. The molecule has 10 heteroatoms. The summed E-state index contributed by atoms with van der Waals surface area (Å²) in [6.07, 6.45) is 1.28. The van der Waals surface area contributed by atoms with Crippen LogP contribution in [-0.4, -0.2) is 26.8 Å². The van der Waals surface area contributed by atoms with Gasteiger partial charge in [0.05, 0.1) is 12.0 Å². The molecule has 0 unspecified atom stereocenters. The lowest BCUT2D eigenvalue weighted by Crippen LogP contribution is -2.22. The quantitative estimate of drug-likeness (QED) is 0.672. The number of nitrogens with one attached hydrogen (secondary N) is 1. The van der Waals surface area contributed by atoms with Gasteiger partial charge in [-0.05, 0) is 31.3 Å². The fourth-order valence-electron chi connectivity index (χ4n) is 1.38. The van der Waals surface area contributed by atoms with Crippen LogP contribution in [-0.2, 0) is 5.75 Å². The first-order valence-corrected chi connectivity index (χ1v) is 7.14. The molecule has 0 saturated heterocycles. The average Bonchev–Trinajstić information content (AvgIpc) is 2.89. The van der Waals surface area contributed by atoms with Gasteiger partial charge in [0.2, 0.25) is 4.77 Å². The standard InChI is InChI=1S/C11H10F2N4O2S2/c1-6-9(18)17(11(20)16-15-6)14-4-7-2-3-8(19-7)5-21-10(12)13/h2-4,10H,5H2,1H3,(H,16,20)/b14-4-. The van der Waals surface area contributed by atoms with Crippen molar-refractivity contribution in [3.63, 3.8) is 0 Å². The van der Waals surface area contributed by atoms with Crippen LogP contribution in [0.4, 0.5) is 8.78 Å². The fourth-order valence-corrected chi connectivity index (χ4v) is 2.00. The smallest absolute Gasteiger partial charge is 0.296 e. The number of aromatic amines is 1. The molecule has 0 saturated carbocycles. The fraction of sp³-hybridized carbons (Fsp3) is 0.273.